The lowest BCUT2D eigenvalue weighted by molar-refractivity contribution is -0.137. The van der Waals surface area contributed by atoms with Gasteiger partial charge in [0.25, 0.3) is 0 Å². The third-order valence-electron chi connectivity index (χ3n) is 3.18. The van der Waals surface area contributed by atoms with Crippen molar-refractivity contribution in [3.8, 4) is 11.3 Å². The Hall–Kier alpha value is -2.04. The molecule has 1 N–H and O–H groups in total. The average molecular weight is 294 g/mol. The predicted molar refractivity (Wildman–Crippen MR) is 78.3 cm³/mol. The molecule has 0 radical (unpaired) electrons. The van der Waals surface area contributed by atoms with Gasteiger partial charge in [0.2, 0.25) is 0 Å². The Balaban J connectivity index is 2.62. The van der Waals surface area contributed by atoms with Crippen molar-refractivity contribution in [3.05, 3.63) is 47.0 Å². The second-order valence-corrected chi connectivity index (χ2v) is 4.97. The van der Waals surface area contributed by atoms with Crippen molar-refractivity contribution in [1.82, 2.24) is 4.98 Å². The molecule has 5 heteroatoms. The van der Waals surface area contributed by atoms with E-state index in [9.17, 15) is 13.2 Å². The number of halogens is 3. The van der Waals surface area contributed by atoms with Crippen molar-refractivity contribution in [2.45, 2.75) is 26.9 Å². The topological polar surface area (TPSA) is 24.9 Å². The molecule has 0 spiro atoms. The zero-order valence-corrected chi connectivity index (χ0v) is 12.2. The summed E-state index contributed by atoms with van der Waals surface area (Å²) < 4.78 is 39.1. The molecule has 2 aromatic rings. The standard InChI is InChI=1S/C16H17F3N2/c1-4-20-15-9-12(16(17,18)19)8-14(21-15)13-7-10(2)5-6-11(13)3/h5-9H,4H2,1-3H3,(H,20,21). The summed E-state index contributed by atoms with van der Waals surface area (Å²) in [6, 6.07) is 7.81. The molecule has 112 valence electrons. The van der Waals surface area contributed by atoms with Crippen LogP contribution in [0.15, 0.2) is 30.3 Å². The van der Waals surface area contributed by atoms with Crippen LogP contribution in [-0.2, 0) is 6.18 Å². The third-order valence-corrected chi connectivity index (χ3v) is 3.18. The van der Waals surface area contributed by atoms with Gasteiger partial charge in [-0.2, -0.15) is 13.2 Å². The summed E-state index contributed by atoms with van der Waals surface area (Å²) in [6.45, 7) is 6.10. The van der Waals surface area contributed by atoms with Gasteiger partial charge in [-0.15, -0.1) is 0 Å². The first-order valence-electron chi connectivity index (χ1n) is 6.72. The Morgan fingerprint density at radius 2 is 1.81 bits per heavy atom. The van der Waals surface area contributed by atoms with E-state index in [1.54, 1.807) is 0 Å². The fourth-order valence-electron chi connectivity index (χ4n) is 2.12. The lowest BCUT2D eigenvalue weighted by Gasteiger charge is -2.14. The number of nitrogens with zero attached hydrogens (tertiary/aromatic N) is 1. The maximum absolute atomic E-state index is 13.0. The second-order valence-electron chi connectivity index (χ2n) is 4.97. The van der Waals surface area contributed by atoms with Gasteiger partial charge in [-0.25, -0.2) is 4.98 Å². The Labute approximate surface area is 122 Å². The van der Waals surface area contributed by atoms with E-state index in [1.807, 2.05) is 39.0 Å². The van der Waals surface area contributed by atoms with E-state index in [0.717, 1.165) is 28.8 Å². The molecule has 0 aliphatic heterocycles. The smallest absolute Gasteiger partial charge is 0.370 e. The Kier molecular flexibility index (Phi) is 4.21. The van der Waals surface area contributed by atoms with Crippen LogP contribution in [0.1, 0.15) is 23.6 Å². The molecule has 0 fully saturated rings. The molecule has 1 aromatic carbocycles. The van der Waals surface area contributed by atoms with Crippen molar-refractivity contribution < 1.29 is 13.2 Å². The fourth-order valence-corrected chi connectivity index (χ4v) is 2.12. The molecule has 0 amide bonds. The maximum atomic E-state index is 13.0. The maximum Gasteiger partial charge on any atom is 0.416 e. The number of pyridine rings is 1. The van der Waals surface area contributed by atoms with Gasteiger partial charge in [0.05, 0.1) is 11.3 Å². The van der Waals surface area contributed by atoms with Crippen molar-refractivity contribution >= 4 is 5.82 Å². The Morgan fingerprint density at radius 1 is 1.10 bits per heavy atom. The Bertz CT molecular complexity index is 648. The number of benzene rings is 1. The molecule has 2 rings (SSSR count). The number of nitrogens with one attached hydrogen (secondary N) is 1. The van der Waals surface area contributed by atoms with Gasteiger partial charge in [0.1, 0.15) is 5.82 Å². The molecule has 0 bridgehead atoms. The molecule has 0 saturated heterocycles. The van der Waals surface area contributed by atoms with Crippen LogP contribution in [0.2, 0.25) is 0 Å². The number of anilines is 1. The summed E-state index contributed by atoms with van der Waals surface area (Å²) in [5.74, 6) is 0.239. The first-order chi connectivity index (χ1) is 9.81. The van der Waals surface area contributed by atoms with Crippen molar-refractivity contribution in [3.63, 3.8) is 0 Å². The predicted octanol–water partition coefficient (Wildman–Crippen LogP) is 4.82. The number of aryl methyl sites for hydroxylation is 2. The van der Waals surface area contributed by atoms with Crippen LogP contribution in [0.5, 0.6) is 0 Å². The van der Waals surface area contributed by atoms with Crippen LogP contribution in [0.3, 0.4) is 0 Å². The summed E-state index contributed by atoms with van der Waals surface area (Å²) in [4.78, 5) is 4.30. The number of alkyl halides is 3. The lowest BCUT2D eigenvalue weighted by Crippen LogP contribution is -2.09. The van der Waals surface area contributed by atoms with E-state index in [2.05, 4.69) is 10.3 Å². The molecule has 1 aromatic heterocycles. The summed E-state index contributed by atoms with van der Waals surface area (Å²) in [5, 5.41) is 2.85. The zero-order valence-electron chi connectivity index (χ0n) is 12.2. The minimum absolute atomic E-state index is 0.239. The highest BCUT2D eigenvalue weighted by atomic mass is 19.4. The molecule has 0 aliphatic carbocycles. The van der Waals surface area contributed by atoms with E-state index in [4.69, 9.17) is 0 Å². The van der Waals surface area contributed by atoms with Gasteiger partial charge in [-0.1, -0.05) is 17.7 Å². The molecule has 1 heterocycles. The van der Waals surface area contributed by atoms with Crippen molar-refractivity contribution in [2.24, 2.45) is 0 Å². The first kappa shape index (κ1) is 15.4. The quantitative estimate of drug-likeness (QED) is 0.878. The van der Waals surface area contributed by atoms with Gasteiger partial charge in [0.15, 0.2) is 0 Å². The van der Waals surface area contributed by atoms with Crippen LogP contribution in [-0.4, -0.2) is 11.5 Å². The minimum atomic E-state index is -4.39. The molecule has 2 nitrogen and oxygen atoms in total. The molecule has 0 saturated carbocycles. The number of rotatable bonds is 3. The van der Waals surface area contributed by atoms with E-state index in [-0.39, 0.29) is 5.82 Å². The van der Waals surface area contributed by atoms with Gasteiger partial charge >= 0.3 is 6.18 Å². The van der Waals surface area contributed by atoms with Gasteiger partial charge in [0, 0.05) is 12.1 Å². The lowest BCUT2D eigenvalue weighted by atomic mass is 10.0. The molecule has 0 aliphatic rings. The van der Waals surface area contributed by atoms with Crippen LogP contribution >= 0.6 is 0 Å². The monoisotopic (exact) mass is 294 g/mol. The van der Waals surface area contributed by atoms with Gasteiger partial charge in [-0.3, -0.25) is 0 Å². The van der Waals surface area contributed by atoms with Crippen molar-refractivity contribution in [2.75, 3.05) is 11.9 Å². The highest BCUT2D eigenvalue weighted by Gasteiger charge is 2.31. The van der Waals surface area contributed by atoms with Crippen LogP contribution in [0, 0.1) is 13.8 Å². The summed E-state index contributed by atoms with van der Waals surface area (Å²) >= 11 is 0. The summed E-state index contributed by atoms with van der Waals surface area (Å²) in [7, 11) is 0. The summed E-state index contributed by atoms with van der Waals surface area (Å²) in [6.07, 6.45) is -4.39. The van der Waals surface area contributed by atoms with Crippen LogP contribution in [0.25, 0.3) is 11.3 Å². The van der Waals surface area contributed by atoms with Crippen LogP contribution < -0.4 is 5.32 Å². The van der Waals surface area contributed by atoms with E-state index < -0.39 is 11.7 Å². The molecule has 0 atom stereocenters. The highest BCUT2D eigenvalue weighted by Crippen LogP contribution is 2.34. The van der Waals surface area contributed by atoms with Gasteiger partial charge < -0.3 is 5.32 Å². The van der Waals surface area contributed by atoms with E-state index in [1.165, 1.54) is 0 Å². The zero-order chi connectivity index (χ0) is 15.6. The molecular weight excluding hydrogens is 277 g/mol. The number of hydrogen-bond acceptors (Lipinski definition) is 2. The highest BCUT2D eigenvalue weighted by molar-refractivity contribution is 5.67. The average Bonchev–Trinajstić information content (AvgIpc) is 2.40. The normalized spacial score (nSPS) is 11.5. The fraction of sp³-hybridized carbons (Fsp3) is 0.312. The second kappa shape index (κ2) is 5.76. The van der Waals surface area contributed by atoms with E-state index in [0.29, 0.717) is 12.2 Å². The van der Waals surface area contributed by atoms with Crippen LogP contribution in [0.4, 0.5) is 19.0 Å². The SMILES string of the molecule is CCNc1cc(C(F)(F)F)cc(-c2cc(C)ccc2C)n1. The molecule has 0 unspecified atom stereocenters. The van der Waals surface area contributed by atoms with E-state index >= 15 is 0 Å². The number of aromatic nitrogens is 1. The molecular formula is C16H17F3N2. The Morgan fingerprint density at radius 3 is 2.43 bits per heavy atom. The van der Waals surface area contributed by atoms with Crippen molar-refractivity contribution in [1.29, 1.82) is 0 Å². The number of hydrogen-bond donors (Lipinski definition) is 1. The molecule has 21 heavy (non-hydrogen) atoms. The first-order valence-corrected chi connectivity index (χ1v) is 6.72. The van der Waals surface area contributed by atoms with Gasteiger partial charge in [-0.05, 0) is 44.5 Å². The largest absolute Gasteiger partial charge is 0.416 e. The third kappa shape index (κ3) is 3.54. The summed E-state index contributed by atoms with van der Waals surface area (Å²) in [5.41, 5.74) is 2.25. The minimum Gasteiger partial charge on any atom is -0.370 e.